The van der Waals surface area contributed by atoms with Gasteiger partial charge in [-0.2, -0.15) is 4.57 Å². The molecule has 0 unspecified atom stereocenters. The van der Waals surface area contributed by atoms with Gasteiger partial charge in [-0.05, 0) is 29.8 Å². The number of benzene rings is 2. The Morgan fingerprint density at radius 3 is 2.90 bits per heavy atom. The van der Waals surface area contributed by atoms with Crippen LogP contribution in [0.15, 0.2) is 66.9 Å². The van der Waals surface area contributed by atoms with Crippen molar-refractivity contribution in [2.75, 3.05) is 24.7 Å². The normalized spacial score (nSPS) is 15.0. The lowest BCUT2D eigenvalue weighted by atomic mass is 9.99. The Kier molecular flexibility index (Phi) is 6.11. The number of fused-ring (bicyclic) bond motifs is 2. The van der Waals surface area contributed by atoms with Gasteiger partial charge in [0.05, 0.1) is 6.61 Å². The molecular weight excluding hydrogens is 404 g/mol. The first-order valence-corrected chi connectivity index (χ1v) is 10.6. The highest BCUT2D eigenvalue weighted by atomic mass is 35.5. The fourth-order valence-electron chi connectivity index (χ4n) is 3.51. The molecule has 148 valence electrons. The summed E-state index contributed by atoms with van der Waals surface area (Å²) >= 11 is 7.79. The Labute approximate surface area is 178 Å². The number of aliphatic hydroxyl groups excluding tert-OH is 1. The van der Waals surface area contributed by atoms with Crippen molar-refractivity contribution in [2.24, 2.45) is 0 Å². The fourth-order valence-corrected chi connectivity index (χ4v) is 4.76. The molecule has 2 heterocycles. The maximum Gasteiger partial charge on any atom is 0.262 e. The van der Waals surface area contributed by atoms with E-state index in [0.717, 1.165) is 32.0 Å². The summed E-state index contributed by atoms with van der Waals surface area (Å²) in [6.07, 6.45) is 10.2. The first kappa shape index (κ1) is 19.9. The molecule has 1 N–H and O–H groups in total. The second kappa shape index (κ2) is 8.93. The largest absolute Gasteiger partial charge is 0.850 e. The van der Waals surface area contributed by atoms with Crippen LogP contribution in [0.4, 0.5) is 5.69 Å². The van der Waals surface area contributed by atoms with E-state index in [1.165, 1.54) is 0 Å². The zero-order valence-electron chi connectivity index (χ0n) is 15.8. The van der Waals surface area contributed by atoms with Gasteiger partial charge in [-0.25, -0.2) is 0 Å². The molecule has 2 aromatic carbocycles. The third kappa shape index (κ3) is 4.14. The quantitative estimate of drug-likeness (QED) is 0.615. The van der Waals surface area contributed by atoms with E-state index < -0.39 is 0 Å². The van der Waals surface area contributed by atoms with Crippen molar-refractivity contribution in [3.8, 4) is 0 Å². The van der Waals surface area contributed by atoms with E-state index in [9.17, 15) is 10.2 Å². The van der Waals surface area contributed by atoms with Crippen LogP contribution in [0.1, 0.15) is 10.6 Å². The topological polar surface area (TPSA) is 50.4 Å². The number of halogens is 1. The fraction of sp³-hybridized carbons (Fsp3) is 0.174. The highest BCUT2D eigenvalue weighted by Crippen LogP contribution is 2.32. The van der Waals surface area contributed by atoms with Gasteiger partial charge in [0, 0.05) is 41.2 Å². The number of thiazole rings is 1. The van der Waals surface area contributed by atoms with Gasteiger partial charge in [0.15, 0.2) is 0 Å². The lowest BCUT2D eigenvalue weighted by Gasteiger charge is -2.26. The number of nitrogens with zero attached hydrogens (tertiary/aromatic N) is 2. The number of aliphatic hydroxyl groups is 1. The van der Waals surface area contributed by atoms with Crippen LogP contribution in [-0.4, -0.2) is 24.9 Å². The molecule has 6 heteroatoms. The van der Waals surface area contributed by atoms with Crippen LogP contribution in [0.2, 0.25) is 5.02 Å². The lowest BCUT2D eigenvalue weighted by molar-refractivity contribution is -0.685. The molecule has 1 aliphatic heterocycles. The number of hydrogen-bond donors (Lipinski definition) is 1. The van der Waals surface area contributed by atoms with Gasteiger partial charge in [0.25, 0.3) is 5.01 Å². The van der Waals surface area contributed by atoms with E-state index in [2.05, 4.69) is 24.3 Å². The summed E-state index contributed by atoms with van der Waals surface area (Å²) in [5.41, 5.74) is 4.31. The van der Waals surface area contributed by atoms with Crippen molar-refractivity contribution < 1.29 is 14.8 Å². The Morgan fingerprint density at radius 1 is 1.21 bits per heavy atom. The molecule has 0 fully saturated rings. The molecule has 4 nitrogen and oxygen atoms in total. The number of para-hydroxylation sites is 1. The van der Waals surface area contributed by atoms with Crippen molar-refractivity contribution in [1.29, 1.82) is 0 Å². The molecule has 0 radical (unpaired) electrons. The third-order valence-electron chi connectivity index (χ3n) is 4.82. The highest BCUT2D eigenvalue weighted by molar-refractivity contribution is 7.18. The van der Waals surface area contributed by atoms with Gasteiger partial charge >= 0.3 is 0 Å². The monoisotopic (exact) mass is 424 g/mol. The van der Waals surface area contributed by atoms with Crippen molar-refractivity contribution >= 4 is 50.5 Å². The predicted molar refractivity (Wildman–Crippen MR) is 119 cm³/mol. The zero-order chi connectivity index (χ0) is 20.2. The Balaban J connectivity index is 1.67. The van der Waals surface area contributed by atoms with Crippen LogP contribution in [0.25, 0.3) is 21.9 Å². The molecule has 0 aliphatic carbocycles. The number of hydrogen-bond acceptors (Lipinski definition) is 4. The standard InChI is InChI=1S/C23H21ClN2O2S/c24-18-8-9-22-21(16-18)26(13-15-28)23(29-22)7-3-4-17-10-11-25(12-14-27)20-6-2-1-5-19(17)20/h1-11,16,27H,12-15H2. The minimum absolute atomic E-state index is 0.104. The molecule has 0 bridgehead atoms. The van der Waals surface area contributed by atoms with Gasteiger partial charge in [0.2, 0.25) is 5.52 Å². The van der Waals surface area contributed by atoms with Gasteiger partial charge in [0.1, 0.15) is 11.2 Å². The average molecular weight is 425 g/mol. The maximum atomic E-state index is 11.3. The van der Waals surface area contributed by atoms with E-state index in [0.29, 0.717) is 18.1 Å². The van der Waals surface area contributed by atoms with Crippen molar-refractivity contribution in [3.63, 3.8) is 0 Å². The third-order valence-corrected chi connectivity index (χ3v) is 6.19. The second-order valence-corrected chi connectivity index (χ2v) is 8.14. The van der Waals surface area contributed by atoms with Gasteiger partial charge in [-0.1, -0.05) is 59.9 Å². The number of aromatic nitrogens is 1. The maximum absolute atomic E-state index is 11.3. The summed E-state index contributed by atoms with van der Waals surface area (Å²) in [6, 6.07) is 13.9. The Morgan fingerprint density at radius 2 is 2.07 bits per heavy atom. The van der Waals surface area contributed by atoms with E-state index in [4.69, 9.17) is 11.6 Å². The molecule has 29 heavy (non-hydrogen) atoms. The van der Waals surface area contributed by atoms with Crippen LogP contribution in [-0.2, 0) is 6.54 Å². The molecule has 1 aliphatic rings. The second-order valence-electron chi connectivity index (χ2n) is 6.64. The molecule has 0 atom stereocenters. The molecule has 3 aromatic rings. The molecule has 0 saturated carbocycles. The summed E-state index contributed by atoms with van der Waals surface area (Å²) in [7, 11) is 0. The molecule has 0 saturated heterocycles. The number of rotatable bonds is 6. The van der Waals surface area contributed by atoms with Crippen LogP contribution in [0.5, 0.6) is 0 Å². The number of anilines is 1. The zero-order valence-corrected chi connectivity index (χ0v) is 17.4. The highest BCUT2D eigenvalue weighted by Gasteiger charge is 2.18. The smallest absolute Gasteiger partial charge is 0.262 e. The number of β-amino-alcohol motifs (C(OH)–C–C–N with tert-alkyl or cyclic N) is 1. The predicted octanol–water partition coefficient (Wildman–Crippen LogP) is 3.63. The SMILES string of the molecule is [O-]CC[n+]1c(/C=C/C=C2\C=CN(CCO)c3ccccc32)sc2ccc(Cl)cc21. The van der Waals surface area contributed by atoms with E-state index in [-0.39, 0.29) is 13.2 Å². The summed E-state index contributed by atoms with van der Waals surface area (Å²) in [5, 5.41) is 22.3. The molecule has 0 spiro atoms. The van der Waals surface area contributed by atoms with Crippen LogP contribution in [0, 0.1) is 0 Å². The van der Waals surface area contributed by atoms with E-state index >= 15 is 0 Å². The lowest BCUT2D eigenvalue weighted by Crippen LogP contribution is -2.39. The Hall–Kier alpha value is -2.44. The van der Waals surface area contributed by atoms with E-state index in [1.807, 2.05) is 58.2 Å². The van der Waals surface area contributed by atoms with Gasteiger partial charge in [-0.3, -0.25) is 0 Å². The van der Waals surface area contributed by atoms with Crippen LogP contribution in [0.3, 0.4) is 0 Å². The first-order valence-electron chi connectivity index (χ1n) is 9.45. The average Bonchev–Trinajstić information content (AvgIpc) is 3.07. The van der Waals surface area contributed by atoms with Crippen LogP contribution >= 0.6 is 22.9 Å². The van der Waals surface area contributed by atoms with Crippen molar-refractivity contribution in [1.82, 2.24) is 0 Å². The van der Waals surface area contributed by atoms with Crippen molar-refractivity contribution in [3.05, 3.63) is 82.5 Å². The number of allylic oxidation sites excluding steroid dienone is 4. The summed E-state index contributed by atoms with van der Waals surface area (Å²) < 4.78 is 3.14. The van der Waals surface area contributed by atoms with E-state index in [1.54, 1.807) is 11.3 Å². The minimum Gasteiger partial charge on any atom is -0.850 e. The molecule has 1 aromatic heterocycles. The summed E-state index contributed by atoms with van der Waals surface area (Å²) in [6.45, 7) is 0.903. The van der Waals surface area contributed by atoms with Crippen LogP contribution < -0.4 is 14.6 Å². The summed E-state index contributed by atoms with van der Waals surface area (Å²) in [5.74, 6) is 0. The van der Waals surface area contributed by atoms with Gasteiger partial charge < -0.3 is 15.1 Å². The first-order chi connectivity index (χ1) is 14.2. The minimum atomic E-state index is -0.179. The molecular formula is C23H21ClN2O2S. The van der Waals surface area contributed by atoms with Gasteiger partial charge in [-0.15, -0.1) is 0 Å². The molecule has 0 amide bonds. The Bertz CT molecular complexity index is 1120. The summed E-state index contributed by atoms with van der Waals surface area (Å²) in [4.78, 5) is 2.05. The molecule has 4 rings (SSSR count). The van der Waals surface area contributed by atoms with Crippen molar-refractivity contribution in [2.45, 2.75) is 6.54 Å².